The number of hydrogen-bond acceptors (Lipinski definition) is 5. The van der Waals surface area contributed by atoms with Gasteiger partial charge in [-0.2, -0.15) is 0 Å². The Morgan fingerprint density at radius 3 is 2.83 bits per heavy atom. The van der Waals surface area contributed by atoms with Crippen LogP contribution >= 0.6 is 11.3 Å². The molecule has 6 nitrogen and oxygen atoms in total. The highest BCUT2D eigenvalue weighted by molar-refractivity contribution is 7.22. The largest absolute Gasteiger partial charge is 0.488 e. The van der Waals surface area contributed by atoms with Crippen molar-refractivity contribution >= 4 is 38.2 Å². The number of nitrogens with zero attached hydrogens (tertiary/aromatic N) is 1. The molecule has 2 unspecified atom stereocenters. The van der Waals surface area contributed by atoms with Crippen LogP contribution in [0, 0.1) is 0 Å². The van der Waals surface area contributed by atoms with E-state index in [0.717, 1.165) is 54.3 Å². The highest BCUT2D eigenvalue weighted by Gasteiger charge is 2.29. The second kappa shape index (κ2) is 9.13. The van der Waals surface area contributed by atoms with Gasteiger partial charge < -0.3 is 19.4 Å². The summed E-state index contributed by atoms with van der Waals surface area (Å²) < 4.78 is 14.4. The van der Waals surface area contributed by atoms with Gasteiger partial charge in [-0.3, -0.25) is 9.59 Å². The fourth-order valence-corrected chi connectivity index (χ4v) is 6.58. The molecule has 1 amide bonds. The van der Waals surface area contributed by atoms with Crippen LogP contribution in [0.1, 0.15) is 52.5 Å². The smallest absolute Gasteiger partial charge is 0.265 e. The van der Waals surface area contributed by atoms with Gasteiger partial charge in [-0.15, -0.1) is 11.3 Å². The third-order valence-corrected chi connectivity index (χ3v) is 8.41. The Kier molecular flexibility index (Phi) is 5.82. The summed E-state index contributed by atoms with van der Waals surface area (Å²) in [5.74, 6) is 0.190. The molecule has 180 valence electrons. The number of nitrogens with one attached hydrogen (secondary N) is 1. The molecule has 1 aliphatic heterocycles. The third-order valence-electron chi connectivity index (χ3n) is 7.21. The SMILES string of the molecule is Cn1c(=O)c2c(OCC3CCCO3)c(C(=O)NC3CCCc4ccccc43)sc2c2ccccc21. The number of para-hydroxylation sites is 1. The molecule has 2 aromatic heterocycles. The molecule has 6 rings (SSSR count). The monoisotopic (exact) mass is 488 g/mol. The lowest BCUT2D eigenvalue weighted by atomic mass is 9.88. The number of carbonyl (C=O) groups excluding carboxylic acids is 1. The van der Waals surface area contributed by atoms with E-state index in [4.69, 9.17) is 9.47 Å². The zero-order valence-corrected chi connectivity index (χ0v) is 20.5. The van der Waals surface area contributed by atoms with Crippen LogP contribution in [0.25, 0.3) is 21.0 Å². The van der Waals surface area contributed by atoms with Crippen LogP contribution in [0.15, 0.2) is 53.3 Å². The number of amides is 1. The molecule has 2 aromatic carbocycles. The van der Waals surface area contributed by atoms with E-state index < -0.39 is 0 Å². The van der Waals surface area contributed by atoms with Crippen LogP contribution in [0.4, 0.5) is 0 Å². The van der Waals surface area contributed by atoms with Crippen molar-refractivity contribution < 1.29 is 14.3 Å². The van der Waals surface area contributed by atoms with E-state index in [2.05, 4.69) is 17.4 Å². The molecule has 3 heterocycles. The standard InChI is InChI=1S/C28H28N2O4S/c1-30-22-14-5-4-12-20(22)25-23(28(30)32)24(34-16-18-10-7-15-33-18)26(35-25)27(31)29-21-13-6-9-17-8-2-3-11-19(17)21/h2-5,8,11-12,14,18,21H,6-7,9-10,13,15-16H2,1H3,(H,29,31). The summed E-state index contributed by atoms with van der Waals surface area (Å²) in [5.41, 5.74) is 3.15. The van der Waals surface area contributed by atoms with E-state index >= 15 is 0 Å². The Morgan fingerprint density at radius 1 is 1.14 bits per heavy atom. The number of thiophene rings is 1. The molecule has 0 radical (unpaired) electrons. The summed E-state index contributed by atoms with van der Waals surface area (Å²) in [4.78, 5) is 27.6. The number of aromatic nitrogens is 1. The van der Waals surface area contributed by atoms with Crippen molar-refractivity contribution in [2.75, 3.05) is 13.2 Å². The van der Waals surface area contributed by atoms with Gasteiger partial charge in [-0.05, 0) is 49.3 Å². The molecule has 2 aliphatic rings. The predicted molar refractivity (Wildman–Crippen MR) is 139 cm³/mol. The third kappa shape index (κ3) is 3.93. The van der Waals surface area contributed by atoms with E-state index in [1.54, 1.807) is 11.6 Å². The maximum atomic E-state index is 13.7. The van der Waals surface area contributed by atoms with Gasteiger partial charge in [0.25, 0.3) is 11.5 Å². The van der Waals surface area contributed by atoms with Crippen molar-refractivity contribution in [3.8, 4) is 5.75 Å². The van der Waals surface area contributed by atoms with E-state index in [1.165, 1.54) is 22.5 Å². The first kappa shape index (κ1) is 22.3. The molecule has 1 fully saturated rings. The van der Waals surface area contributed by atoms with Crippen molar-refractivity contribution in [3.05, 3.63) is 74.9 Å². The number of benzene rings is 2. The van der Waals surface area contributed by atoms with E-state index in [1.807, 2.05) is 36.4 Å². The maximum Gasteiger partial charge on any atom is 0.265 e. The second-order valence-electron chi connectivity index (χ2n) is 9.41. The van der Waals surface area contributed by atoms with Crippen molar-refractivity contribution in [3.63, 3.8) is 0 Å². The Bertz CT molecular complexity index is 1480. The number of fused-ring (bicyclic) bond motifs is 4. The summed E-state index contributed by atoms with van der Waals surface area (Å²) in [6.45, 7) is 1.05. The van der Waals surface area contributed by atoms with Gasteiger partial charge in [0.2, 0.25) is 0 Å². The molecule has 0 spiro atoms. The number of aryl methyl sites for hydroxylation is 2. The quantitative estimate of drug-likeness (QED) is 0.423. The first-order valence-corrected chi connectivity index (χ1v) is 13.1. The maximum absolute atomic E-state index is 13.7. The molecule has 0 bridgehead atoms. The molecule has 4 aromatic rings. The van der Waals surface area contributed by atoms with Gasteiger partial charge >= 0.3 is 0 Å². The topological polar surface area (TPSA) is 69.6 Å². The average molecular weight is 489 g/mol. The van der Waals surface area contributed by atoms with Crippen molar-refractivity contribution in [2.45, 2.75) is 44.2 Å². The molecule has 1 N–H and O–H groups in total. The van der Waals surface area contributed by atoms with Crippen molar-refractivity contribution in [1.29, 1.82) is 0 Å². The Labute approximate surface area is 207 Å². The Hall–Kier alpha value is -3.16. The molecule has 1 saturated heterocycles. The Morgan fingerprint density at radius 2 is 1.97 bits per heavy atom. The lowest BCUT2D eigenvalue weighted by Gasteiger charge is -2.26. The van der Waals surface area contributed by atoms with Crippen LogP contribution in [-0.4, -0.2) is 29.8 Å². The van der Waals surface area contributed by atoms with Gasteiger partial charge in [-0.1, -0.05) is 42.5 Å². The first-order chi connectivity index (χ1) is 17.1. The summed E-state index contributed by atoms with van der Waals surface area (Å²) >= 11 is 1.35. The Balaban J connectivity index is 1.45. The number of pyridine rings is 1. The van der Waals surface area contributed by atoms with Gasteiger partial charge in [0.15, 0.2) is 5.75 Å². The lowest BCUT2D eigenvalue weighted by Crippen LogP contribution is -2.31. The van der Waals surface area contributed by atoms with Crippen LogP contribution < -0.4 is 15.6 Å². The lowest BCUT2D eigenvalue weighted by molar-refractivity contribution is 0.0677. The second-order valence-corrected chi connectivity index (χ2v) is 10.4. The number of rotatable bonds is 5. The minimum Gasteiger partial charge on any atom is -0.488 e. The normalized spacial score (nSPS) is 19.7. The average Bonchev–Trinajstić information content (AvgIpc) is 3.54. The zero-order valence-electron chi connectivity index (χ0n) is 19.7. The van der Waals surface area contributed by atoms with Crippen LogP contribution in [0.3, 0.4) is 0 Å². The highest BCUT2D eigenvalue weighted by Crippen LogP contribution is 2.40. The molecular weight excluding hydrogens is 460 g/mol. The number of hydrogen-bond donors (Lipinski definition) is 1. The van der Waals surface area contributed by atoms with Crippen LogP contribution in [-0.2, 0) is 18.2 Å². The highest BCUT2D eigenvalue weighted by atomic mass is 32.1. The summed E-state index contributed by atoms with van der Waals surface area (Å²) in [5, 5.41) is 4.67. The van der Waals surface area contributed by atoms with Crippen LogP contribution in [0.5, 0.6) is 5.75 Å². The molecule has 1 aliphatic carbocycles. The summed E-state index contributed by atoms with van der Waals surface area (Å²) in [6.07, 6.45) is 4.86. The predicted octanol–water partition coefficient (Wildman–Crippen LogP) is 5.12. The van der Waals surface area contributed by atoms with Crippen molar-refractivity contribution in [2.24, 2.45) is 7.05 Å². The minimum atomic E-state index is -0.193. The van der Waals surface area contributed by atoms with E-state index in [0.29, 0.717) is 22.6 Å². The summed E-state index contributed by atoms with van der Waals surface area (Å²) in [6, 6.07) is 16.1. The summed E-state index contributed by atoms with van der Waals surface area (Å²) in [7, 11) is 1.77. The minimum absolute atomic E-state index is 0.0182. The molecule has 35 heavy (non-hydrogen) atoms. The molecule has 2 atom stereocenters. The van der Waals surface area contributed by atoms with Gasteiger partial charge in [0.1, 0.15) is 16.9 Å². The zero-order chi connectivity index (χ0) is 23.9. The van der Waals surface area contributed by atoms with Gasteiger partial charge in [-0.25, -0.2) is 0 Å². The number of carbonyl (C=O) groups is 1. The number of ether oxygens (including phenoxy) is 2. The molecule has 0 saturated carbocycles. The van der Waals surface area contributed by atoms with E-state index in [-0.39, 0.29) is 23.6 Å². The fraction of sp³-hybridized carbons (Fsp3) is 0.357. The molecule has 7 heteroatoms. The van der Waals surface area contributed by atoms with Crippen LogP contribution in [0.2, 0.25) is 0 Å². The van der Waals surface area contributed by atoms with Gasteiger partial charge in [0.05, 0.1) is 22.4 Å². The van der Waals surface area contributed by atoms with Gasteiger partial charge in [0, 0.05) is 19.0 Å². The first-order valence-electron chi connectivity index (χ1n) is 12.3. The molecular formula is C28H28N2O4S. The van der Waals surface area contributed by atoms with E-state index in [9.17, 15) is 9.59 Å². The fourth-order valence-electron chi connectivity index (χ4n) is 5.40. The van der Waals surface area contributed by atoms with Crippen molar-refractivity contribution in [1.82, 2.24) is 9.88 Å².